The summed E-state index contributed by atoms with van der Waals surface area (Å²) in [5, 5.41) is 9.10. The van der Waals surface area contributed by atoms with Crippen LogP contribution in [0.25, 0.3) is 0 Å². The van der Waals surface area contributed by atoms with Gasteiger partial charge >= 0.3 is 0 Å². The highest BCUT2D eigenvalue weighted by molar-refractivity contribution is 5.90. The van der Waals surface area contributed by atoms with E-state index in [1.165, 1.54) is 6.20 Å². The molecule has 1 aromatic rings. The number of hydrogen-bond acceptors (Lipinski definition) is 4. The maximum Gasteiger partial charge on any atom is 0.287 e. The number of H-pyrrole nitrogens is 1. The number of nitrogens with one attached hydrogen (secondary N) is 2. The van der Waals surface area contributed by atoms with Crippen molar-refractivity contribution in [3.63, 3.8) is 0 Å². The molecular formula is C6H10N6O. The van der Waals surface area contributed by atoms with Gasteiger partial charge in [-0.1, -0.05) is 5.22 Å². The van der Waals surface area contributed by atoms with E-state index >= 15 is 0 Å². The lowest BCUT2D eigenvalue weighted by molar-refractivity contribution is 0.0946. The number of hydrogen-bond donors (Lipinski definition) is 3. The molecule has 0 aliphatic carbocycles. The Balaban J connectivity index is 2.73. The first-order valence-electron chi connectivity index (χ1n) is 3.72. The Bertz CT molecular complexity index is 317. The molecule has 0 unspecified atom stereocenters. The molecule has 1 amide bonds. The fraction of sp³-hybridized carbons (Fsp3) is 0.333. The van der Waals surface area contributed by atoms with E-state index in [-0.39, 0.29) is 11.7 Å². The summed E-state index contributed by atoms with van der Waals surface area (Å²) in [6.07, 6.45) is 1.38. The standard InChI is InChI=1S/C6H10N6O/c1-2-8-6(13)5-9-3-4(10-5)11-12-7/h3H,2H2,1H3,(H2,7,11)(H,8,13)(H,9,10). The number of nitrogens with two attached hydrogens (primary N) is 1. The molecule has 0 aliphatic heterocycles. The lowest BCUT2D eigenvalue weighted by Gasteiger charge is -1.95. The van der Waals surface area contributed by atoms with Crippen LogP contribution >= 0.6 is 0 Å². The number of carbonyl (C=O) groups is 1. The molecule has 1 rings (SSSR count). The van der Waals surface area contributed by atoms with Gasteiger partial charge in [0.1, 0.15) is 0 Å². The van der Waals surface area contributed by atoms with Gasteiger partial charge in [-0.2, -0.15) is 0 Å². The summed E-state index contributed by atoms with van der Waals surface area (Å²) in [4.78, 5) is 17.6. The summed E-state index contributed by atoms with van der Waals surface area (Å²) < 4.78 is 0. The number of imidazole rings is 1. The van der Waals surface area contributed by atoms with E-state index in [1.807, 2.05) is 6.92 Å². The van der Waals surface area contributed by atoms with Gasteiger partial charge in [-0.15, -0.1) is 5.11 Å². The van der Waals surface area contributed by atoms with Crippen LogP contribution in [-0.2, 0) is 0 Å². The molecule has 1 heterocycles. The van der Waals surface area contributed by atoms with Crippen LogP contribution in [0.15, 0.2) is 16.5 Å². The fourth-order valence-electron chi connectivity index (χ4n) is 0.784. The third-order valence-electron chi connectivity index (χ3n) is 1.28. The molecule has 0 fully saturated rings. The van der Waals surface area contributed by atoms with Crippen molar-refractivity contribution in [3.05, 3.63) is 12.0 Å². The monoisotopic (exact) mass is 182 g/mol. The zero-order chi connectivity index (χ0) is 9.68. The molecule has 0 saturated carbocycles. The number of aromatic amines is 1. The van der Waals surface area contributed by atoms with Crippen LogP contribution in [-0.4, -0.2) is 22.4 Å². The Morgan fingerprint density at radius 2 is 2.62 bits per heavy atom. The molecule has 4 N–H and O–H groups in total. The molecule has 70 valence electrons. The molecule has 0 atom stereocenters. The minimum atomic E-state index is -0.277. The van der Waals surface area contributed by atoms with Crippen molar-refractivity contribution in [1.29, 1.82) is 0 Å². The molecule has 7 nitrogen and oxygen atoms in total. The number of aromatic nitrogens is 2. The SMILES string of the molecule is CCNC(=O)c1ncc(N=NN)[nH]1. The first kappa shape index (κ1) is 9.17. The lowest BCUT2D eigenvalue weighted by atomic mass is 10.5. The van der Waals surface area contributed by atoms with E-state index in [4.69, 9.17) is 5.84 Å². The molecule has 0 aromatic carbocycles. The van der Waals surface area contributed by atoms with E-state index in [9.17, 15) is 4.79 Å². The molecule has 1 aromatic heterocycles. The third-order valence-corrected chi connectivity index (χ3v) is 1.28. The van der Waals surface area contributed by atoms with Gasteiger partial charge in [-0.3, -0.25) is 4.79 Å². The van der Waals surface area contributed by atoms with E-state index in [2.05, 4.69) is 25.6 Å². The predicted octanol–water partition coefficient (Wildman–Crippen LogP) is 0.117. The highest BCUT2D eigenvalue weighted by Gasteiger charge is 2.07. The summed E-state index contributed by atoms with van der Waals surface area (Å²) in [5.74, 6) is 5.09. The largest absolute Gasteiger partial charge is 0.350 e. The smallest absolute Gasteiger partial charge is 0.287 e. The molecule has 0 spiro atoms. The lowest BCUT2D eigenvalue weighted by Crippen LogP contribution is -2.23. The Hall–Kier alpha value is -1.92. The summed E-state index contributed by atoms with van der Waals surface area (Å²) in [6, 6.07) is 0. The number of rotatable bonds is 3. The maximum atomic E-state index is 11.2. The normalized spacial score (nSPS) is 10.5. The van der Waals surface area contributed by atoms with Gasteiger partial charge < -0.3 is 16.1 Å². The zero-order valence-electron chi connectivity index (χ0n) is 7.11. The molecule has 0 radical (unpaired) electrons. The van der Waals surface area contributed by atoms with Gasteiger partial charge in [0, 0.05) is 6.54 Å². The van der Waals surface area contributed by atoms with Gasteiger partial charge in [-0.05, 0) is 6.92 Å². The number of nitrogens with zero attached hydrogens (tertiary/aromatic N) is 3. The van der Waals surface area contributed by atoms with Crippen molar-refractivity contribution in [1.82, 2.24) is 15.3 Å². The van der Waals surface area contributed by atoms with Crippen LogP contribution in [0.2, 0.25) is 0 Å². The van der Waals surface area contributed by atoms with Crippen molar-refractivity contribution < 1.29 is 4.79 Å². The minimum Gasteiger partial charge on any atom is -0.350 e. The van der Waals surface area contributed by atoms with Crippen molar-refractivity contribution in [2.24, 2.45) is 16.2 Å². The maximum absolute atomic E-state index is 11.2. The predicted molar refractivity (Wildman–Crippen MR) is 45.3 cm³/mol. The van der Waals surface area contributed by atoms with E-state index in [1.54, 1.807) is 0 Å². The molecule has 0 saturated heterocycles. The molecular weight excluding hydrogens is 172 g/mol. The van der Waals surface area contributed by atoms with Crippen LogP contribution in [0.1, 0.15) is 17.5 Å². The number of amides is 1. The second-order valence-electron chi connectivity index (χ2n) is 2.19. The fourth-order valence-corrected chi connectivity index (χ4v) is 0.784. The van der Waals surface area contributed by atoms with E-state index in [0.29, 0.717) is 12.4 Å². The summed E-state index contributed by atoms with van der Waals surface area (Å²) in [6.45, 7) is 2.37. The van der Waals surface area contributed by atoms with Crippen LogP contribution in [0.4, 0.5) is 5.82 Å². The second-order valence-corrected chi connectivity index (χ2v) is 2.19. The molecule has 0 aliphatic rings. The van der Waals surface area contributed by atoms with Gasteiger partial charge in [0.15, 0.2) is 11.6 Å². The molecule has 0 bridgehead atoms. The highest BCUT2D eigenvalue weighted by Crippen LogP contribution is 2.06. The van der Waals surface area contributed by atoms with Crippen molar-refractivity contribution in [3.8, 4) is 0 Å². The van der Waals surface area contributed by atoms with Gasteiger partial charge in [0.05, 0.1) is 6.20 Å². The van der Waals surface area contributed by atoms with Crippen LogP contribution < -0.4 is 11.2 Å². The quantitative estimate of drug-likeness (QED) is 0.351. The average Bonchev–Trinajstić information content (AvgIpc) is 2.54. The summed E-state index contributed by atoms with van der Waals surface area (Å²) in [5.41, 5.74) is 0. The Labute approximate surface area is 74.4 Å². The summed E-state index contributed by atoms with van der Waals surface area (Å²) >= 11 is 0. The van der Waals surface area contributed by atoms with Gasteiger partial charge in [-0.25, -0.2) is 4.98 Å². The van der Waals surface area contributed by atoms with Crippen molar-refractivity contribution in [2.75, 3.05) is 6.54 Å². The molecule has 13 heavy (non-hydrogen) atoms. The van der Waals surface area contributed by atoms with Gasteiger partial charge in [0.2, 0.25) is 0 Å². The van der Waals surface area contributed by atoms with E-state index in [0.717, 1.165) is 0 Å². The topological polar surface area (TPSA) is 109 Å². The van der Waals surface area contributed by atoms with Crippen LogP contribution in [0.3, 0.4) is 0 Å². The minimum absolute atomic E-state index is 0.198. The highest BCUT2D eigenvalue weighted by atomic mass is 16.2. The van der Waals surface area contributed by atoms with E-state index < -0.39 is 0 Å². The Morgan fingerprint density at radius 1 is 1.85 bits per heavy atom. The van der Waals surface area contributed by atoms with Crippen molar-refractivity contribution in [2.45, 2.75) is 6.92 Å². The Kier molecular flexibility index (Phi) is 2.96. The second kappa shape index (κ2) is 4.19. The zero-order valence-corrected chi connectivity index (χ0v) is 7.11. The Morgan fingerprint density at radius 3 is 3.23 bits per heavy atom. The first-order valence-corrected chi connectivity index (χ1v) is 3.72. The average molecular weight is 182 g/mol. The number of carbonyl (C=O) groups excluding carboxylic acids is 1. The molecule has 7 heteroatoms. The van der Waals surface area contributed by atoms with Crippen LogP contribution in [0, 0.1) is 0 Å². The van der Waals surface area contributed by atoms with Crippen molar-refractivity contribution >= 4 is 11.7 Å². The van der Waals surface area contributed by atoms with Crippen LogP contribution in [0.5, 0.6) is 0 Å². The van der Waals surface area contributed by atoms with Gasteiger partial charge in [0.25, 0.3) is 5.91 Å². The first-order chi connectivity index (χ1) is 6.27. The summed E-state index contributed by atoms with van der Waals surface area (Å²) in [7, 11) is 0. The third kappa shape index (κ3) is 2.26.